The number of benzene rings is 1. The average molecular weight is 314 g/mol. The molecule has 1 aliphatic rings. The molecule has 0 aliphatic carbocycles. The number of para-hydroxylation sites is 2. The highest BCUT2D eigenvalue weighted by atomic mass is 16.6. The highest BCUT2D eigenvalue weighted by Gasteiger charge is 2.28. The highest BCUT2D eigenvalue weighted by Crippen LogP contribution is 2.33. The summed E-state index contributed by atoms with van der Waals surface area (Å²) in [7, 11) is 0. The molecular weight excluding hydrogens is 292 g/mol. The number of morpholine rings is 1. The van der Waals surface area contributed by atoms with Crippen molar-refractivity contribution in [1.82, 2.24) is 10.3 Å². The summed E-state index contributed by atoms with van der Waals surface area (Å²) in [4.78, 5) is 4.21. The Balaban J connectivity index is 1.86. The Hall–Kier alpha value is -2.11. The second kappa shape index (κ2) is 7.94. The van der Waals surface area contributed by atoms with Crippen molar-refractivity contribution in [3.05, 3.63) is 54.4 Å². The lowest BCUT2D eigenvalue weighted by Crippen LogP contribution is -2.43. The second-order valence-corrected chi connectivity index (χ2v) is 5.32. The number of hydrogen-bond acceptors (Lipinski definition) is 5. The smallest absolute Gasteiger partial charge is 0.162 e. The van der Waals surface area contributed by atoms with E-state index in [0.29, 0.717) is 13.2 Å². The molecule has 1 aromatic carbocycles. The molecule has 0 saturated carbocycles. The molecule has 2 heterocycles. The first-order valence-corrected chi connectivity index (χ1v) is 7.99. The summed E-state index contributed by atoms with van der Waals surface area (Å²) in [5, 5.41) is 3.35. The maximum atomic E-state index is 6.29. The van der Waals surface area contributed by atoms with Crippen molar-refractivity contribution in [2.45, 2.75) is 19.1 Å². The van der Waals surface area contributed by atoms with Crippen molar-refractivity contribution in [2.24, 2.45) is 0 Å². The van der Waals surface area contributed by atoms with Crippen LogP contribution in [0, 0.1) is 0 Å². The van der Waals surface area contributed by atoms with E-state index >= 15 is 0 Å². The van der Waals surface area contributed by atoms with Crippen molar-refractivity contribution in [2.75, 3.05) is 26.3 Å². The predicted molar refractivity (Wildman–Crippen MR) is 87.8 cm³/mol. The van der Waals surface area contributed by atoms with Gasteiger partial charge in [-0.15, -0.1) is 0 Å². The molecule has 0 radical (unpaired) electrons. The Kier molecular flexibility index (Phi) is 5.45. The van der Waals surface area contributed by atoms with Gasteiger partial charge in [-0.2, -0.15) is 0 Å². The third-order valence-corrected chi connectivity index (χ3v) is 3.71. The molecule has 122 valence electrons. The summed E-state index contributed by atoms with van der Waals surface area (Å²) in [6.07, 6.45) is 3.28. The average Bonchev–Trinajstić information content (AvgIpc) is 2.63. The van der Waals surface area contributed by atoms with Crippen LogP contribution >= 0.6 is 0 Å². The Labute approximate surface area is 136 Å². The summed E-state index contributed by atoms with van der Waals surface area (Å²) in [6.45, 7) is 4.85. The van der Waals surface area contributed by atoms with Crippen LogP contribution in [0.15, 0.2) is 48.8 Å². The predicted octanol–water partition coefficient (Wildman–Crippen LogP) is 2.59. The molecule has 1 fully saturated rings. The number of pyridine rings is 1. The van der Waals surface area contributed by atoms with E-state index in [4.69, 9.17) is 14.2 Å². The zero-order valence-electron chi connectivity index (χ0n) is 13.3. The molecule has 2 aromatic rings. The highest BCUT2D eigenvalue weighted by molar-refractivity contribution is 5.40. The van der Waals surface area contributed by atoms with E-state index in [9.17, 15) is 0 Å². The summed E-state index contributed by atoms with van der Waals surface area (Å²) in [5.41, 5.74) is 0.993. The van der Waals surface area contributed by atoms with Gasteiger partial charge in [-0.25, -0.2) is 0 Å². The molecule has 0 amide bonds. The Morgan fingerprint density at radius 3 is 2.83 bits per heavy atom. The van der Waals surface area contributed by atoms with Gasteiger partial charge in [0.25, 0.3) is 0 Å². The molecule has 1 aromatic heterocycles. The van der Waals surface area contributed by atoms with Crippen molar-refractivity contribution in [3.63, 3.8) is 0 Å². The van der Waals surface area contributed by atoms with Crippen LogP contribution in [0.1, 0.15) is 18.6 Å². The lowest BCUT2D eigenvalue weighted by atomic mass is 10.1. The Bertz CT molecular complexity index is 600. The molecule has 1 N–H and O–H groups in total. The largest absolute Gasteiger partial charge is 0.490 e. The minimum Gasteiger partial charge on any atom is -0.490 e. The molecule has 5 nitrogen and oxygen atoms in total. The number of ether oxygens (including phenoxy) is 3. The van der Waals surface area contributed by atoms with E-state index in [1.165, 1.54) is 0 Å². The number of hydrogen-bond donors (Lipinski definition) is 1. The summed E-state index contributed by atoms with van der Waals surface area (Å²) >= 11 is 0. The molecule has 2 atom stereocenters. The fourth-order valence-electron chi connectivity index (χ4n) is 2.64. The number of rotatable bonds is 6. The van der Waals surface area contributed by atoms with Crippen LogP contribution in [-0.2, 0) is 4.74 Å². The van der Waals surface area contributed by atoms with Crippen LogP contribution < -0.4 is 14.8 Å². The Morgan fingerprint density at radius 2 is 2.13 bits per heavy atom. The molecule has 23 heavy (non-hydrogen) atoms. The standard InChI is InChI=1S/C18H22N2O3/c1-2-21-15-7-3-4-8-16(15)23-18(14-6-5-9-19-12-14)17-13-20-10-11-22-17/h3-9,12,17-18,20H,2,10-11,13H2,1H3/t17-,18?/m1/s1. The normalized spacial score (nSPS) is 19.1. The zero-order chi connectivity index (χ0) is 15.9. The third-order valence-electron chi connectivity index (χ3n) is 3.71. The van der Waals surface area contributed by atoms with E-state index < -0.39 is 0 Å². The van der Waals surface area contributed by atoms with Gasteiger partial charge in [-0.05, 0) is 25.1 Å². The topological polar surface area (TPSA) is 52.6 Å². The van der Waals surface area contributed by atoms with Gasteiger partial charge < -0.3 is 19.5 Å². The lowest BCUT2D eigenvalue weighted by molar-refractivity contribution is -0.0440. The van der Waals surface area contributed by atoms with Crippen LogP contribution in [-0.4, -0.2) is 37.4 Å². The molecule has 3 rings (SSSR count). The van der Waals surface area contributed by atoms with Gasteiger partial charge in [0.15, 0.2) is 17.6 Å². The van der Waals surface area contributed by atoms with Crippen molar-refractivity contribution in [1.29, 1.82) is 0 Å². The SMILES string of the molecule is CCOc1ccccc1OC(c1cccnc1)[C@H]1CNCCO1. The number of nitrogens with zero attached hydrogens (tertiary/aromatic N) is 1. The van der Waals surface area contributed by atoms with Gasteiger partial charge in [0, 0.05) is 31.0 Å². The van der Waals surface area contributed by atoms with Gasteiger partial charge in [0.1, 0.15) is 6.10 Å². The molecule has 1 unspecified atom stereocenters. The number of nitrogens with one attached hydrogen (secondary N) is 1. The van der Waals surface area contributed by atoms with Crippen LogP contribution in [0.4, 0.5) is 0 Å². The van der Waals surface area contributed by atoms with Crippen LogP contribution in [0.3, 0.4) is 0 Å². The second-order valence-electron chi connectivity index (χ2n) is 5.32. The minimum absolute atomic E-state index is 0.0670. The number of aromatic nitrogens is 1. The quantitative estimate of drug-likeness (QED) is 0.888. The fourth-order valence-corrected chi connectivity index (χ4v) is 2.64. The molecule has 5 heteroatoms. The zero-order valence-corrected chi connectivity index (χ0v) is 13.3. The molecular formula is C18H22N2O3. The van der Waals surface area contributed by atoms with Crippen LogP contribution in [0.2, 0.25) is 0 Å². The summed E-state index contributed by atoms with van der Waals surface area (Å²) < 4.78 is 17.9. The molecule has 1 aliphatic heterocycles. The molecule has 1 saturated heterocycles. The van der Waals surface area contributed by atoms with Gasteiger partial charge in [-0.3, -0.25) is 4.98 Å². The van der Waals surface area contributed by atoms with Gasteiger partial charge >= 0.3 is 0 Å². The molecule has 0 bridgehead atoms. The minimum atomic E-state index is -0.238. The first-order valence-electron chi connectivity index (χ1n) is 7.99. The van der Waals surface area contributed by atoms with Gasteiger partial charge in [0.2, 0.25) is 0 Å². The third kappa shape index (κ3) is 4.00. The van der Waals surface area contributed by atoms with E-state index in [1.807, 2.05) is 49.5 Å². The first-order chi connectivity index (χ1) is 11.4. The van der Waals surface area contributed by atoms with Gasteiger partial charge in [-0.1, -0.05) is 18.2 Å². The Morgan fingerprint density at radius 1 is 1.26 bits per heavy atom. The van der Waals surface area contributed by atoms with Crippen LogP contribution in [0.25, 0.3) is 0 Å². The van der Waals surface area contributed by atoms with E-state index in [2.05, 4.69) is 10.3 Å². The van der Waals surface area contributed by atoms with Crippen molar-refractivity contribution in [3.8, 4) is 11.5 Å². The van der Waals surface area contributed by atoms with Crippen LogP contribution in [0.5, 0.6) is 11.5 Å². The van der Waals surface area contributed by atoms with E-state index in [-0.39, 0.29) is 12.2 Å². The first kappa shape index (κ1) is 15.8. The van der Waals surface area contributed by atoms with Crippen molar-refractivity contribution >= 4 is 0 Å². The van der Waals surface area contributed by atoms with Crippen molar-refractivity contribution < 1.29 is 14.2 Å². The summed E-state index contributed by atoms with van der Waals surface area (Å²) in [5.74, 6) is 1.46. The lowest BCUT2D eigenvalue weighted by Gasteiger charge is -2.31. The van der Waals surface area contributed by atoms with E-state index in [1.54, 1.807) is 6.20 Å². The summed E-state index contributed by atoms with van der Waals surface area (Å²) in [6, 6.07) is 11.6. The molecule has 0 spiro atoms. The maximum Gasteiger partial charge on any atom is 0.162 e. The van der Waals surface area contributed by atoms with E-state index in [0.717, 1.165) is 30.2 Å². The monoisotopic (exact) mass is 314 g/mol. The fraction of sp³-hybridized carbons (Fsp3) is 0.389. The maximum absolute atomic E-state index is 6.29. The van der Waals surface area contributed by atoms with Gasteiger partial charge in [0.05, 0.1) is 13.2 Å².